The molecule has 4 rings (SSSR count). The van der Waals surface area contributed by atoms with Crippen molar-refractivity contribution < 1.29 is 4.74 Å². The fourth-order valence-corrected chi connectivity index (χ4v) is 4.71. The summed E-state index contributed by atoms with van der Waals surface area (Å²) in [5.41, 5.74) is 3.59. The van der Waals surface area contributed by atoms with Crippen molar-refractivity contribution in [1.82, 2.24) is 5.32 Å². The van der Waals surface area contributed by atoms with Crippen molar-refractivity contribution in [3.05, 3.63) is 89.8 Å². The first-order valence-corrected chi connectivity index (χ1v) is 11.9. The monoisotopic (exact) mass is 445 g/mol. The highest BCUT2D eigenvalue weighted by molar-refractivity contribution is 7.80. The van der Waals surface area contributed by atoms with Gasteiger partial charge in [0.15, 0.2) is 0 Å². The molecule has 1 heterocycles. The van der Waals surface area contributed by atoms with E-state index in [4.69, 9.17) is 4.74 Å². The second kappa shape index (κ2) is 10.2. The number of nitrogens with one attached hydrogen (secondary N) is 1. The van der Waals surface area contributed by atoms with Gasteiger partial charge in [-0.1, -0.05) is 61.5 Å². The molecule has 1 atom stereocenters. The maximum Gasteiger partial charge on any atom is 0.127 e. The van der Waals surface area contributed by atoms with Gasteiger partial charge in [0.1, 0.15) is 11.5 Å². The lowest BCUT2D eigenvalue weighted by molar-refractivity contribution is 0.483. The molecular weight excluding hydrogens is 418 g/mol. The molecule has 0 aliphatic carbocycles. The lowest BCUT2D eigenvalue weighted by Gasteiger charge is -2.10. The Balaban J connectivity index is 1.45. The van der Waals surface area contributed by atoms with E-state index in [1.807, 2.05) is 53.8 Å². The Morgan fingerprint density at radius 1 is 0.839 bits per heavy atom. The lowest BCUT2D eigenvalue weighted by atomic mass is 10.0. The summed E-state index contributed by atoms with van der Waals surface area (Å²) in [5.74, 6) is 1.68. The predicted molar refractivity (Wildman–Crippen MR) is 136 cm³/mol. The van der Waals surface area contributed by atoms with Crippen molar-refractivity contribution in [3.8, 4) is 33.1 Å². The number of rotatable bonds is 8. The highest BCUT2D eigenvalue weighted by Gasteiger charge is 2.10. The number of hydrogen-bond acceptors (Lipinski definition) is 4. The Hall–Kier alpha value is -2.53. The fraction of sp³-hybridized carbons (Fsp3) is 0.185. The summed E-state index contributed by atoms with van der Waals surface area (Å²) in [7, 11) is 0. The smallest absolute Gasteiger partial charge is 0.127 e. The maximum absolute atomic E-state index is 5.89. The molecule has 0 bridgehead atoms. The van der Waals surface area contributed by atoms with E-state index >= 15 is 0 Å². The van der Waals surface area contributed by atoms with E-state index < -0.39 is 0 Å². The van der Waals surface area contributed by atoms with Crippen molar-refractivity contribution in [2.45, 2.75) is 37.8 Å². The standard InChI is InChI=1S/C27H27NOS2/c1-3-19(2)28-18-27-25(30)17-26(31-27)22-11-9-20(10-12-22)21-13-15-24(16-14-21)29-23-7-5-4-6-8-23/h4-17,19,28,30H,3,18H2,1-2H3. The van der Waals surface area contributed by atoms with Gasteiger partial charge in [0, 0.05) is 27.2 Å². The highest BCUT2D eigenvalue weighted by atomic mass is 32.1. The van der Waals surface area contributed by atoms with Crippen LogP contribution in [-0.2, 0) is 6.54 Å². The summed E-state index contributed by atoms with van der Waals surface area (Å²) in [6.07, 6.45) is 1.13. The van der Waals surface area contributed by atoms with Gasteiger partial charge < -0.3 is 10.1 Å². The van der Waals surface area contributed by atoms with Crippen molar-refractivity contribution in [2.75, 3.05) is 0 Å². The quantitative estimate of drug-likeness (QED) is 0.268. The summed E-state index contributed by atoms with van der Waals surface area (Å²) >= 11 is 6.50. The van der Waals surface area contributed by atoms with Crippen LogP contribution in [-0.4, -0.2) is 6.04 Å². The van der Waals surface area contributed by atoms with Crippen molar-refractivity contribution >= 4 is 24.0 Å². The first-order valence-electron chi connectivity index (χ1n) is 10.6. The fourth-order valence-electron chi connectivity index (χ4n) is 3.27. The second-order valence-corrected chi connectivity index (χ2v) is 9.24. The molecule has 1 unspecified atom stereocenters. The molecule has 0 spiro atoms. The Labute approximate surface area is 194 Å². The molecule has 0 saturated carbocycles. The van der Waals surface area contributed by atoms with E-state index in [-0.39, 0.29) is 0 Å². The second-order valence-electron chi connectivity index (χ2n) is 7.63. The van der Waals surface area contributed by atoms with Crippen LogP contribution in [0.25, 0.3) is 21.6 Å². The molecule has 3 aromatic carbocycles. The number of thiol groups is 1. The third-order valence-electron chi connectivity index (χ3n) is 5.35. The molecule has 2 nitrogen and oxygen atoms in total. The molecule has 0 fully saturated rings. The molecule has 0 aliphatic heterocycles. The summed E-state index contributed by atoms with van der Waals surface area (Å²) in [6.45, 7) is 5.28. The normalized spacial score (nSPS) is 12.0. The number of ether oxygens (including phenoxy) is 1. The van der Waals surface area contributed by atoms with Gasteiger partial charge in [-0.25, -0.2) is 0 Å². The summed E-state index contributed by atoms with van der Waals surface area (Å²) in [5, 5.41) is 3.56. The number of hydrogen-bond donors (Lipinski definition) is 2. The first-order chi connectivity index (χ1) is 15.1. The van der Waals surface area contributed by atoms with Gasteiger partial charge in [-0.05, 0) is 60.4 Å². The Bertz CT molecular complexity index is 1100. The zero-order valence-corrected chi connectivity index (χ0v) is 19.5. The predicted octanol–water partition coefficient (Wildman–Crippen LogP) is 8.05. The highest BCUT2D eigenvalue weighted by Crippen LogP contribution is 2.35. The SMILES string of the molecule is CCC(C)NCc1sc(-c2ccc(-c3ccc(Oc4ccccc4)cc3)cc2)cc1S. The maximum atomic E-state index is 5.89. The third kappa shape index (κ3) is 5.59. The summed E-state index contributed by atoms with van der Waals surface area (Å²) in [4.78, 5) is 3.61. The topological polar surface area (TPSA) is 21.3 Å². The van der Waals surface area contributed by atoms with E-state index in [1.165, 1.54) is 26.4 Å². The average Bonchev–Trinajstić information content (AvgIpc) is 3.19. The van der Waals surface area contributed by atoms with Crippen LogP contribution in [0.5, 0.6) is 11.5 Å². The van der Waals surface area contributed by atoms with Crippen LogP contribution >= 0.6 is 24.0 Å². The van der Waals surface area contributed by atoms with Gasteiger partial charge in [-0.3, -0.25) is 0 Å². The third-order valence-corrected chi connectivity index (χ3v) is 7.08. The van der Waals surface area contributed by atoms with Crippen LogP contribution < -0.4 is 10.1 Å². The zero-order chi connectivity index (χ0) is 21.6. The summed E-state index contributed by atoms with van der Waals surface area (Å²) < 4.78 is 5.89. The molecule has 1 aromatic heterocycles. The van der Waals surface area contributed by atoms with Crippen LogP contribution in [0.2, 0.25) is 0 Å². The van der Waals surface area contributed by atoms with Gasteiger partial charge in [-0.2, -0.15) is 0 Å². The molecule has 4 aromatic rings. The Morgan fingerprint density at radius 3 is 2.06 bits per heavy atom. The molecule has 31 heavy (non-hydrogen) atoms. The van der Waals surface area contributed by atoms with E-state index in [0.717, 1.165) is 29.4 Å². The minimum absolute atomic E-state index is 0.516. The Kier molecular flexibility index (Phi) is 7.13. The zero-order valence-electron chi connectivity index (χ0n) is 17.8. The van der Waals surface area contributed by atoms with Crippen LogP contribution in [0.1, 0.15) is 25.1 Å². The first kappa shape index (κ1) is 21.7. The minimum Gasteiger partial charge on any atom is -0.457 e. The molecule has 1 N–H and O–H groups in total. The van der Waals surface area contributed by atoms with Gasteiger partial charge >= 0.3 is 0 Å². The van der Waals surface area contributed by atoms with E-state index in [2.05, 4.69) is 74.3 Å². The number of thiophene rings is 1. The van der Waals surface area contributed by atoms with E-state index in [1.54, 1.807) is 0 Å². The average molecular weight is 446 g/mol. The van der Waals surface area contributed by atoms with Gasteiger partial charge in [0.2, 0.25) is 0 Å². The van der Waals surface area contributed by atoms with Gasteiger partial charge in [0.25, 0.3) is 0 Å². The number of benzene rings is 3. The molecule has 0 aliphatic rings. The van der Waals surface area contributed by atoms with Crippen LogP contribution in [0, 0.1) is 0 Å². The molecular formula is C27H27NOS2. The minimum atomic E-state index is 0.516. The molecule has 158 valence electrons. The van der Waals surface area contributed by atoms with E-state index in [0.29, 0.717) is 6.04 Å². The Morgan fingerprint density at radius 2 is 1.42 bits per heavy atom. The number of para-hydroxylation sites is 1. The van der Waals surface area contributed by atoms with Crippen LogP contribution in [0.3, 0.4) is 0 Å². The molecule has 0 amide bonds. The van der Waals surface area contributed by atoms with Gasteiger partial charge in [0.05, 0.1) is 0 Å². The molecule has 0 radical (unpaired) electrons. The van der Waals surface area contributed by atoms with Crippen molar-refractivity contribution in [2.24, 2.45) is 0 Å². The van der Waals surface area contributed by atoms with Crippen LogP contribution in [0.15, 0.2) is 89.8 Å². The largest absolute Gasteiger partial charge is 0.457 e. The van der Waals surface area contributed by atoms with Gasteiger partial charge in [-0.15, -0.1) is 24.0 Å². The van der Waals surface area contributed by atoms with Crippen LogP contribution in [0.4, 0.5) is 0 Å². The molecule has 0 saturated heterocycles. The van der Waals surface area contributed by atoms with Crippen molar-refractivity contribution in [3.63, 3.8) is 0 Å². The van der Waals surface area contributed by atoms with E-state index in [9.17, 15) is 0 Å². The molecule has 4 heteroatoms. The van der Waals surface area contributed by atoms with Crippen molar-refractivity contribution in [1.29, 1.82) is 0 Å². The summed E-state index contributed by atoms with van der Waals surface area (Å²) in [6, 6.07) is 29.5. The lowest BCUT2D eigenvalue weighted by Crippen LogP contribution is -2.24.